The van der Waals surface area contributed by atoms with Gasteiger partial charge in [-0.3, -0.25) is 14.7 Å². The highest BCUT2D eigenvalue weighted by Crippen LogP contribution is 2.45. The van der Waals surface area contributed by atoms with Crippen molar-refractivity contribution >= 4 is 17.8 Å². The van der Waals surface area contributed by atoms with Gasteiger partial charge in [-0.25, -0.2) is 4.79 Å². The van der Waals surface area contributed by atoms with Gasteiger partial charge in [0.2, 0.25) is 0 Å². The third-order valence-electron chi connectivity index (χ3n) is 13.2. The Kier molecular flexibility index (Phi) is 13.2. The second-order valence-electron chi connectivity index (χ2n) is 17.2. The Balaban J connectivity index is 1.64. The van der Waals surface area contributed by atoms with E-state index < -0.39 is 102 Å². The number of amides is 1. The maximum absolute atomic E-state index is 14.6. The van der Waals surface area contributed by atoms with Gasteiger partial charge in [-0.2, -0.15) is 0 Å². The van der Waals surface area contributed by atoms with Crippen LogP contribution in [0.1, 0.15) is 94.9 Å². The molecule has 1 amide bonds. The summed E-state index contributed by atoms with van der Waals surface area (Å²) in [4.78, 5) is 34.8. The molecule has 0 aromatic rings. The SMILES string of the molecule is CC[C@H]1OC(=O)[C@H](C)[C@@H](O[C@H]2C[C@@](C)(OC)[C@@H](O)[C@H](C)O2)[C@H](C)[C@@H](O[C@@H]2O[C@H](C)C[C@H](N)[C@H]2O)[C@@](C)(OC)C[C@@H](C)C2=NCCN3C(=O)O[C@@]1(C)[C@H]3[C@H]2C. The van der Waals surface area contributed by atoms with Crippen molar-refractivity contribution in [1.82, 2.24) is 4.90 Å². The number of carbonyl (C=O) groups is 2. The summed E-state index contributed by atoms with van der Waals surface area (Å²) in [6, 6.07) is -1.04. The molecule has 310 valence electrons. The number of ether oxygens (including phenoxy) is 8. The number of hydrogen-bond donors (Lipinski definition) is 3. The van der Waals surface area contributed by atoms with Crippen LogP contribution in [0.5, 0.6) is 0 Å². The van der Waals surface area contributed by atoms with Crippen LogP contribution in [0.25, 0.3) is 0 Å². The lowest BCUT2D eigenvalue weighted by molar-refractivity contribution is -0.316. The molecule has 0 saturated carbocycles. The fourth-order valence-corrected chi connectivity index (χ4v) is 10.0. The summed E-state index contributed by atoms with van der Waals surface area (Å²) in [6.45, 7) is 19.7. The quantitative estimate of drug-likeness (QED) is 0.321. The van der Waals surface area contributed by atoms with E-state index in [4.69, 9.17) is 48.6 Å². The third kappa shape index (κ3) is 7.95. The number of fused-ring (bicyclic) bond motifs is 1. The average Bonchev–Trinajstić information content (AvgIpc) is 3.24. The number of esters is 1. The Morgan fingerprint density at radius 2 is 1.61 bits per heavy atom. The molecule has 4 fully saturated rings. The summed E-state index contributed by atoms with van der Waals surface area (Å²) in [5.74, 6) is -2.53. The zero-order valence-corrected chi connectivity index (χ0v) is 34.4. The topological polar surface area (TPSA) is 190 Å². The molecule has 2 bridgehead atoms. The standard InChI is InChI=1S/C39H67N3O12/c1-13-26-39(10)31-21(4)28(41-14-15-42(31)36(46)54-39)19(2)17-38(9,48-12)33(53-35-29(43)25(40)16-20(3)49-35)22(5)30(23(6)34(45)51-26)52-27-18-37(8,47-11)32(44)24(7)50-27/h19-27,29-33,35,43-44H,13-18,40H2,1-12H3/t19-,20-,21+,22+,23-,24+,25+,26-,27+,29-,30+,31-,32+,33-,35+,37-,38+,39-/m1/s1. The van der Waals surface area contributed by atoms with Crippen LogP contribution in [0.15, 0.2) is 4.99 Å². The van der Waals surface area contributed by atoms with Crippen LogP contribution in [0.2, 0.25) is 0 Å². The second kappa shape index (κ2) is 16.5. The first-order valence-corrected chi connectivity index (χ1v) is 19.8. The minimum Gasteiger partial charge on any atom is -0.458 e. The molecule has 4 saturated heterocycles. The van der Waals surface area contributed by atoms with E-state index in [1.165, 1.54) is 7.11 Å². The summed E-state index contributed by atoms with van der Waals surface area (Å²) < 4.78 is 50.9. The molecular formula is C39H67N3O12. The van der Waals surface area contributed by atoms with Crippen LogP contribution in [0.3, 0.4) is 0 Å². The van der Waals surface area contributed by atoms with Gasteiger partial charge in [-0.1, -0.05) is 27.7 Å². The number of aliphatic hydroxyl groups excluding tert-OH is 2. The fraction of sp³-hybridized carbons (Fsp3) is 0.923. The largest absolute Gasteiger partial charge is 0.458 e. The van der Waals surface area contributed by atoms with Gasteiger partial charge in [0.25, 0.3) is 0 Å². The van der Waals surface area contributed by atoms with Crippen LogP contribution in [-0.4, -0.2) is 144 Å². The molecule has 5 aliphatic rings. The molecule has 0 aromatic heterocycles. The van der Waals surface area contributed by atoms with E-state index in [0.29, 0.717) is 32.4 Å². The summed E-state index contributed by atoms with van der Waals surface area (Å²) in [6.07, 6.45) is -6.59. The molecule has 18 atom stereocenters. The van der Waals surface area contributed by atoms with Crippen molar-refractivity contribution in [2.24, 2.45) is 34.4 Å². The molecule has 0 unspecified atom stereocenters. The van der Waals surface area contributed by atoms with Gasteiger partial charge in [-0.15, -0.1) is 0 Å². The first-order valence-electron chi connectivity index (χ1n) is 19.8. The summed E-state index contributed by atoms with van der Waals surface area (Å²) in [5, 5.41) is 22.3. The normalized spacial score (nSPS) is 49.4. The molecule has 5 heterocycles. The molecule has 5 aliphatic heterocycles. The maximum Gasteiger partial charge on any atom is 0.410 e. The van der Waals surface area contributed by atoms with Crippen molar-refractivity contribution in [3.05, 3.63) is 0 Å². The van der Waals surface area contributed by atoms with Crippen LogP contribution >= 0.6 is 0 Å². The highest BCUT2D eigenvalue weighted by molar-refractivity contribution is 5.91. The van der Waals surface area contributed by atoms with Gasteiger partial charge in [0.05, 0.1) is 54.1 Å². The van der Waals surface area contributed by atoms with E-state index in [2.05, 4.69) is 13.8 Å². The number of hydrogen-bond acceptors (Lipinski definition) is 14. The van der Waals surface area contributed by atoms with E-state index >= 15 is 0 Å². The number of cyclic esters (lactones) is 1. The summed E-state index contributed by atoms with van der Waals surface area (Å²) in [7, 11) is 3.15. The zero-order valence-electron chi connectivity index (χ0n) is 34.4. The van der Waals surface area contributed by atoms with Gasteiger partial charge in [-0.05, 0) is 66.7 Å². The average molecular weight is 770 g/mol. The number of aliphatic imine (C=N–C) groups is 1. The van der Waals surface area contributed by atoms with Gasteiger partial charge >= 0.3 is 12.1 Å². The maximum atomic E-state index is 14.6. The first-order chi connectivity index (χ1) is 25.2. The number of nitrogens with two attached hydrogens (primary N) is 1. The number of methoxy groups -OCH3 is 2. The number of nitrogens with zero attached hydrogens (tertiary/aromatic N) is 2. The number of aliphatic hydroxyl groups is 2. The minimum absolute atomic E-state index is 0.168. The lowest BCUT2D eigenvalue weighted by Gasteiger charge is -2.49. The third-order valence-corrected chi connectivity index (χ3v) is 13.2. The predicted molar refractivity (Wildman–Crippen MR) is 198 cm³/mol. The summed E-state index contributed by atoms with van der Waals surface area (Å²) >= 11 is 0. The molecule has 0 aromatic carbocycles. The molecule has 4 N–H and O–H groups in total. The highest BCUT2D eigenvalue weighted by Gasteiger charge is 2.61. The molecule has 0 radical (unpaired) electrons. The van der Waals surface area contributed by atoms with Crippen molar-refractivity contribution in [1.29, 1.82) is 0 Å². The van der Waals surface area contributed by atoms with E-state index in [0.717, 1.165) is 5.71 Å². The summed E-state index contributed by atoms with van der Waals surface area (Å²) in [5.41, 5.74) is 4.03. The first kappa shape index (κ1) is 43.2. The van der Waals surface area contributed by atoms with E-state index in [-0.39, 0.29) is 24.4 Å². The van der Waals surface area contributed by atoms with Crippen molar-refractivity contribution in [2.75, 3.05) is 27.3 Å². The zero-order chi connectivity index (χ0) is 40.1. The smallest absolute Gasteiger partial charge is 0.410 e. The van der Waals surface area contributed by atoms with Crippen LogP contribution in [0, 0.1) is 23.7 Å². The second-order valence-corrected chi connectivity index (χ2v) is 17.2. The van der Waals surface area contributed by atoms with E-state index in [9.17, 15) is 19.8 Å². The van der Waals surface area contributed by atoms with Crippen LogP contribution < -0.4 is 5.73 Å². The molecule has 15 heteroatoms. The van der Waals surface area contributed by atoms with Crippen molar-refractivity contribution in [3.8, 4) is 0 Å². The molecule has 0 spiro atoms. The Morgan fingerprint density at radius 1 is 0.944 bits per heavy atom. The monoisotopic (exact) mass is 769 g/mol. The van der Waals surface area contributed by atoms with Crippen LogP contribution in [-0.2, 0) is 42.7 Å². The van der Waals surface area contributed by atoms with Gasteiger partial charge in [0.1, 0.15) is 18.3 Å². The lowest BCUT2D eigenvalue weighted by atomic mass is 9.72. The predicted octanol–water partition coefficient (Wildman–Crippen LogP) is 3.19. The lowest BCUT2D eigenvalue weighted by Crippen LogP contribution is -2.61. The highest BCUT2D eigenvalue weighted by atomic mass is 16.7. The van der Waals surface area contributed by atoms with Gasteiger partial charge in [0.15, 0.2) is 18.2 Å². The van der Waals surface area contributed by atoms with Gasteiger partial charge in [0, 0.05) is 50.8 Å². The minimum atomic E-state index is -1.17. The molecule has 5 rings (SSSR count). The Hall–Kier alpha value is -1.95. The molecular weight excluding hydrogens is 702 g/mol. The molecule has 54 heavy (non-hydrogen) atoms. The van der Waals surface area contributed by atoms with Crippen molar-refractivity contribution < 1.29 is 57.7 Å². The van der Waals surface area contributed by atoms with Crippen molar-refractivity contribution in [2.45, 2.75) is 179 Å². The molecule has 0 aliphatic carbocycles. The Morgan fingerprint density at radius 3 is 2.24 bits per heavy atom. The number of rotatable bonds is 7. The van der Waals surface area contributed by atoms with Crippen LogP contribution in [0.4, 0.5) is 4.79 Å². The van der Waals surface area contributed by atoms with E-state index in [1.807, 2.05) is 34.6 Å². The van der Waals surface area contributed by atoms with Gasteiger partial charge < -0.3 is 53.8 Å². The van der Waals surface area contributed by atoms with E-state index in [1.54, 1.807) is 32.8 Å². The fourth-order valence-electron chi connectivity index (χ4n) is 10.0. The Labute approximate surface area is 320 Å². The number of carbonyl (C=O) groups excluding carboxylic acids is 2. The Bertz CT molecular complexity index is 1370. The molecule has 15 nitrogen and oxygen atoms in total. The van der Waals surface area contributed by atoms with Crippen molar-refractivity contribution in [3.63, 3.8) is 0 Å².